The third-order valence-corrected chi connectivity index (χ3v) is 18.9. The number of anilines is 3. The van der Waals surface area contributed by atoms with Crippen molar-refractivity contribution in [3.63, 3.8) is 0 Å². The highest BCUT2D eigenvalue weighted by Gasteiger charge is 2.51. The second kappa shape index (κ2) is 33.0. The fourth-order valence-corrected chi connectivity index (χ4v) is 13.5. The lowest BCUT2D eigenvalue weighted by Crippen LogP contribution is -2.58. The van der Waals surface area contributed by atoms with Gasteiger partial charge in [0.15, 0.2) is 12.6 Å². The van der Waals surface area contributed by atoms with E-state index in [2.05, 4.69) is 59.6 Å². The van der Waals surface area contributed by atoms with Crippen molar-refractivity contribution in [2.45, 2.75) is 108 Å². The number of para-hydroxylation sites is 1. The van der Waals surface area contributed by atoms with Crippen LogP contribution in [0.4, 0.5) is 17.2 Å². The molecule has 3 fully saturated rings. The lowest BCUT2D eigenvalue weighted by atomic mass is 9.89. The SMILES string of the molecule is CC[C@@]12C[C@@H](Oc3ncc(CN4CCN(c5ccc6c(c5)C(=O)N([C@H]5CCC(=O)NC5=O)C6)CC4)cc3C)CN1c1cc(-c3ccccc3OCOCCOC)nnc1N(CNC(=O)CNC(=O)[C@H](Cc1ccccc1)NC(=O)CNC(=O)CNC(=O)CCCCCN1C(=O)C=CC1=O)C2. The minimum Gasteiger partial charge on any atom is -0.472 e. The maximum absolute atomic E-state index is 13.9. The first-order valence-electron chi connectivity index (χ1n) is 34.0. The number of fused-ring (bicyclic) bond motifs is 4. The number of imide groups is 2. The van der Waals surface area contributed by atoms with Crippen LogP contribution in [0.2, 0.25) is 0 Å². The molecule has 6 N–H and O–H groups in total. The Morgan fingerprint density at radius 3 is 2.29 bits per heavy atom. The second-order valence-corrected chi connectivity index (χ2v) is 25.7. The number of carbonyl (C=O) groups is 10. The van der Waals surface area contributed by atoms with E-state index in [0.717, 1.165) is 64.7 Å². The van der Waals surface area contributed by atoms with Gasteiger partial charge in [0, 0.05) is 126 Å². The van der Waals surface area contributed by atoms with Crippen LogP contribution in [0.3, 0.4) is 0 Å². The van der Waals surface area contributed by atoms with E-state index >= 15 is 0 Å². The topological polar surface area (TPSA) is 338 Å². The van der Waals surface area contributed by atoms with Crippen LogP contribution >= 0.6 is 0 Å². The molecule has 0 unspecified atom stereocenters. The Balaban J connectivity index is 0.698. The Bertz CT molecular complexity index is 3890. The molecule has 3 saturated heterocycles. The van der Waals surface area contributed by atoms with Gasteiger partial charge in [-0.15, -0.1) is 10.2 Å². The van der Waals surface area contributed by atoms with Crippen molar-refractivity contribution in [2.24, 2.45) is 0 Å². The molecule has 0 bridgehead atoms. The fourth-order valence-electron chi connectivity index (χ4n) is 13.5. The molecule has 528 valence electrons. The molecular formula is C71H85N15O14. The van der Waals surface area contributed by atoms with E-state index in [-0.39, 0.29) is 81.5 Å². The van der Waals surface area contributed by atoms with Crippen LogP contribution in [-0.4, -0.2) is 212 Å². The maximum atomic E-state index is 13.9. The molecule has 6 aliphatic rings. The quantitative estimate of drug-likeness (QED) is 0.0204. The molecule has 0 saturated carbocycles. The van der Waals surface area contributed by atoms with Crippen LogP contribution in [0.15, 0.2) is 103 Å². The van der Waals surface area contributed by atoms with Crippen LogP contribution < -0.4 is 56.1 Å². The minimum atomic E-state index is -1.14. The standard InChI is InChI=1S/C71H85N15O14/c1-4-71-35-51(100-69-46(2)31-48(36-75-69)40-81-25-27-82(28-26-81)50-19-18-49-41-85(70(96)53(49)33-50)56-20-21-60(88)78-68(56)95)42-86(71)57-34-54(52-15-10-11-16-58(52)99-45-98-30-29-97-3)79-80-66(57)83(43-71)44-76-62(90)38-74-67(94)55(32-47-13-7-5-8-14-47)77-63(91)39-73-61(89)37-72-59(87)17-9-6-12-24-84-64(92)22-23-65(84)93/h5,7-8,10-11,13-16,18-19,22-23,31,33-34,36,51,55-56H,4,6,9,12,17,20-21,24-30,32,35,37-45H2,1-3H3,(H,72,87)(H,73,89)(H,74,94)(H,76,90)(H,77,91)(H,78,88,95)/t51-,55+,56+,71+/m1/s1. The molecule has 0 radical (unpaired) electrons. The van der Waals surface area contributed by atoms with Crippen molar-refractivity contribution >= 4 is 76.3 Å². The zero-order chi connectivity index (χ0) is 70.3. The first-order chi connectivity index (χ1) is 48.4. The predicted molar refractivity (Wildman–Crippen MR) is 365 cm³/mol. The molecule has 2 aromatic heterocycles. The van der Waals surface area contributed by atoms with E-state index in [1.165, 1.54) is 12.2 Å². The first-order valence-corrected chi connectivity index (χ1v) is 34.0. The number of amides is 10. The number of methoxy groups -OCH3 is 1. The van der Waals surface area contributed by atoms with Gasteiger partial charge >= 0.3 is 0 Å². The zero-order valence-electron chi connectivity index (χ0n) is 56.5. The van der Waals surface area contributed by atoms with Crippen molar-refractivity contribution < 1.29 is 66.9 Å². The van der Waals surface area contributed by atoms with Gasteiger partial charge in [-0.05, 0) is 85.7 Å². The average molecular weight is 1370 g/mol. The van der Waals surface area contributed by atoms with Gasteiger partial charge in [-0.25, -0.2) is 4.98 Å². The Kier molecular flexibility index (Phi) is 23.4. The van der Waals surface area contributed by atoms with E-state index in [4.69, 9.17) is 34.1 Å². The van der Waals surface area contributed by atoms with Gasteiger partial charge in [0.05, 0.1) is 63.0 Å². The Morgan fingerprint density at radius 2 is 1.52 bits per heavy atom. The van der Waals surface area contributed by atoms with Crippen LogP contribution in [0, 0.1) is 6.92 Å². The van der Waals surface area contributed by atoms with Crippen LogP contribution in [-0.2, 0) is 72.1 Å². The largest absolute Gasteiger partial charge is 0.472 e. The summed E-state index contributed by atoms with van der Waals surface area (Å²) in [5.74, 6) is -2.95. The highest BCUT2D eigenvalue weighted by molar-refractivity contribution is 6.13. The number of aryl methyl sites for hydroxylation is 1. The third kappa shape index (κ3) is 17.5. The number of rotatable bonds is 32. The number of unbranched alkanes of at least 4 members (excludes halogenated alkanes) is 2. The summed E-state index contributed by atoms with van der Waals surface area (Å²) < 4.78 is 23.7. The summed E-state index contributed by atoms with van der Waals surface area (Å²) in [6, 6.07) is 24.7. The first kappa shape index (κ1) is 70.9. The Morgan fingerprint density at radius 1 is 0.770 bits per heavy atom. The molecule has 29 heteroatoms. The zero-order valence-corrected chi connectivity index (χ0v) is 56.5. The number of piperidine rings is 1. The number of hydrogen-bond acceptors (Lipinski definition) is 21. The molecule has 4 atom stereocenters. The number of pyridine rings is 1. The van der Waals surface area contributed by atoms with Gasteiger partial charge in [-0.1, -0.05) is 61.9 Å². The van der Waals surface area contributed by atoms with Crippen LogP contribution in [0.25, 0.3) is 11.3 Å². The lowest BCUT2D eigenvalue weighted by Gasteiger charge is -2.48. The lowest BCUT2D eigenvalue weighted by molar-refractivity contribution is -0.138. The van der Waals surface area contributed by atoms with Gasteiger partial charge in [-0.3, -0.25) is 63.1 Å². The van der Waals surface area contributed by atoms with Gasteiger partial charge in [0.25, 0.3) is 17.7 Å². The van der Waals surface area contributed by atoms with Gasteiger partial charge < -0.3 is 65.1 Å². The number of piperazine rings is 1. The van der Waals surface area contributed by atoms with Gasteiger partial charge in [0.2, 0.25) is 47.2 Å². The predicted octanol–water partition coefficient (Wildman–Crippen LogP) is 2.19. The summed E-state index contributed by atoms with van der Waals surface area (Å²) in [5.41, 5.74) is 6.53. The minimum absolute atomic E-state index is 0.0117. The van der Waals surface area contributed by atoms with Crippen molar-refractivity contribution in [1.29, 1.82) is 0 Å². The Labute approximate surface area is 579 Å². The molecule has 10 amide bonds. The Hall–Kier alpha value is -10.4. The molecule has 29 nitrogen and oxygen atoms in total. The normalized spacial score (nSPS) is 19.0. The number of ether oxygens (including phenoxy) is 4. The van der Waals surface area contributed by atoms with Crippen molar-refractivity contribution in [3.8, 4) is 22.9 Å². The van der Waals surface area contributed by atoms with Gasteiger partial charge in [0.1, 0.15) is 23.9 Å². The molecule has 0 spiro atoms. The highest BCUT2D eigenvalue weighted by atomic mass is 16.7. The third-order valence-electron chi connectivity index (χ3n) is 18.9. The van der Waals surface area contributed by atoms with E-state index in [9.17, 15) is 47.9 Å². The number of hydrogen-bond donors (Lipinski definition) is 6. The summed E-state index contributed by atoms with van der Waals surface area (Å²) >= 11 is 0. The summed E-state index contributed by atoms with van der Waals surface area (Å²) in [7, 11) is 1.60. The van der Waals surface area contributed by atoms with E-state index in [0.29, 0.717) is 112 Å². The maximum Gasteiger partial charge on any atom is 0.255 e. The molecule has 100 heavy (non-hydrogen) atoms. The second-order valence-electron chi connectivity index (χ2n) is 25.7. The van der Waals surface area contributed by atoms with Crippen LogP contribution in [0.5, 0.6) is 11.6 Å². The van der Waals surface area contributed by atoms with E-state index in [1.54, 1.807) is 36.3 Å². The molecule has 6 aliphatic heterocycles. The number of nitrogens with one attached hydrogen (secondary N) is 6. The van der Waals surface area contributed by atoms with E-state index in [1.807, 2.05) is 72.6 Å². The molecule has 5 aromatic rings. The van der Waals surface area contributed by atoms with Crippen LogP contribution in [0.1, 0.15) is 90.9 Å². The summed E-state index contributed by atoms with van der Waals surface area (Å²) in [4.78, 5) is 144. The molecule has 11 rings (SSSR count). The summed E-state index contributed by atoms with van der Waals surface area (Å²) in [6.45, 7) is 8.73. The average Bonchev–Trinajstić information content (AvgIpc) is 1.49. The summed E-state index contributed by atoms with van der Waals surface area (Å²) in [5, 5.41) is 25.2. The number of nitrogens with zero attached hydrogens (tertiary/aromatic N) is 9. The highest BCUT2D eigenvalue weighted by Crippen LogP contribution is 2.48. The number of benzene rings is 3. The van der Waals surface area contributed by atoms with Crippen molar-refractivity contribution in [3.05, 3.63) is 131 Å². The van der Waals surface area contributed by atoms with E-state index < -0.39 is 60.2 Å². The molecule has 8 heterocycles. The molecule has 0 aliphatic carbocycles. The van der Waals surface area contributed by atoms with Gasteiger partial charge in [-0.2, -0.15) is 0 Å². The smallest absolute Gasteiger partial charge is 0.255 e. The van der Waals surface area contributed by atoms with Crippen molar-refractivity contribution in [2.75, 3.05) is 114 Å². The number of carbonyl (C=O) groups excluding carboxylic acids is 10. The molecular weight excluding hydrogens is 1290 g/mol. The van der Waals surface area contributed by atoms with Crippen molar-refractivity contribution in [1.82, 2.24) is 61.8 Å². The summed E-state index contributed by atoms with van der Waals surface area (Å²) in [6.07, 6.45) is 7.54. The number of aromatic nitrogens is 3. The fraction of sp³-hybridized carbons (Fsp3) is 0.451. The monoisotopic (exact) mass is 1370 g/mol. The molecule has 3 aromatic carbocycles.